The number of carbonyl (C=O) groups is 1. The van der Waals surface area contributed by atoms with Gasteiger partial charge < -0.3 is 0 Å². The van der Waals surface area contributed by atoms with E-state index in [9.17, 15) is 9.18 Å². The van der Waals surface area contributed by atoms with E-state index in [-0.39, 0.29) is 18.0 Å². The molecule has 0 N–H and O–H groups in total. The number of nitrogens with zero attached hydrogens (tertiary/aromatic N) is 1. The minimum atomic E-state index is -0.318. The molecule has 2 rings (SSSR count). The Hall–Kier alpha value is -2.03. The standard InChI is InChI=1S/C16H16FNO/c1-10-6-12(3)16(18-9-10)15(19)8-13-7-14(17)5-4-11(13)2/h4-7,9H,8H2,1-3H3. The fourth-order valence-electron chi connectivity index (χ4n) is 2.09. The first kappa shape index (κ1) is 13.4. The number of carbonyl (C=O) groups excluding carboxylic acids is 1. The molecule has 0 unspecified atom stereocenters. The molecule has 0 spiro atoms. The molecule has 0 saturated carbocycles. The molecule has 2 nitrogen and oxygen atoms in total. The number of Topliss-reactive ketones (excluding diaryl/α,β-unsaturated/α-hetero) is 1. The molecule has 0 aliphatic heterocycles. The summed E-state index contributed by atoms with van der Waals surface area (Å²) >= 11 is 0. The van der Waals surface area contributed by atoms with Crippen LogP contribution in [0.3, 0.4) is 0 Å². The zero-order chi connectivity index (χ0) is 14.0. The second-order valence-corrected chi connectivity index (χ2v) is 4.85. The van der Waals surface area contributed by atoms with Gasteiger partial charge in [-0.15, -0.1) is 0 Å². The smallest absolute Gasteiger partial charge is 0.185 e. The minimum absolute atomic E-state index is 0.0776. The quantitative estimate of drug-likeness (QED) is 0.787. The van der Waals surface area contributed by atoms with Gasteiger partial charge in [-0.05, 0) is 55.2 Å². The van der Waals surface area contributed by atoms with Crippen molar-refractivity contribution in [3.63, 3.8) is 0 Å². The summed E-state index contributed by atoms with van der Waals surface area (Å²) in [4.78, 5) is 16.4. The van der Waals surface area contributed by atoms with E-state index in [1.807, 2.05) is 26.8 Å². The maximum atomic E-state index is 13.2. The Morgan fingerprint density at radius 2 is 1.89 bits per heavy atom. The van der Waals surface area contributed by atoms with Gasteiger partial charge in [0.2, 0.25) is 0 Å². The Morgan fingerprint density at radius 1 is 1.16 bits per heavy atom. The van der Waals surface area contributed by atoms with Crippen LogP contribution >= 0.6 is 0 Å². The van der Waals surface area contributed by atoms with Crippen LogP contribution in [-0.2, 0) is 6.42 Å². The van der Waals surface area contributed by atoms with Crippen molar-refractivity contribution in [3.8, 4) is 0 Å². The summed E-state index contributed by atoms with van der Waals surface area (Å²) in [5, 5.41) is 0. The van der Waals surface area contributed by atoms with Crippen LogP contribution in [0.4, 0.5) is 4.39 Å². The number of halogens is 1. The third kappa shape index (κ3) is 3.05. The molecule has 0 atom stereocenters. The molecule has 0 fully saturated rings. The van der Waals surface area contributed by atoms with Crippen molar-refractivity contribution < 1.29 is 9.18 Å². The molecule has 0 aliphatic rings. The van der Waals surface area contributed by atoms with Crippen LogP contribution in [0.2, 0.25) is 0 Å². The lowest BCUT2D eigenvalue weighted by Crippen LogP contribution is -2.09. The van der Waals surface area contributed by atoms with Gasteiger partial charge in [-0.3, -0.25) is 9.78 Å². The predicted octanol–water partition coefficient (Wildman–Crippen LogP) is 3.57. The van der Waals surface area contributed by atoms with Crippen molar-refractivity contribution in [3.05, 3.63) is 64.2 Å². The predicted molar refractivity (Wildman–Crippen MR) is 72.9 cm³/mol. The van der Waals surface area contributed by atoms with Crippen LogP contribution in [0.15, 0.2) is 30.5 Å². The van der Waals surface area contributed by atoms with Crippen LogP contribution in [0.1, 0.15) is 32.7 Å². The van der Waals surface area contributed by atoms with E-state index < -0.39 is 0 Å². The lowest BCUT2D eigenvalue weighted by molar-refractivity contribution is 0.0987. The fraction of sp³-hybridized carbons (Fsp3) is 0.250. The highest BCUT2D eigenvalue weighted by Crippen LogP contribution is 2.15. The molecular weight excluding hydrogens is 241 g/mol. The zero-order valence-corrected chi connectivity index (χ0v) is 11.3. The van der Waals surface area contributed by atoms with Crippen molar-refractivity contribution in [2.24, 2.45) is 0 Å². The van der Waals surface area contributed by atoms with Gasteiger partial charge in [0.15, 0.2) is 5.78 Å². The highest BCUT2D eigenvalue weighted by molar-refractivity contribution is 5.97. The largest absolute Gasteiger partial charge is 0.292 e. The molecule has 0 amide bonds. The normalized spacial score (nSPS) is 10.5. The van der Waals surface area contributed by atoms with Crippen molar-refractivity contribution >= 4 is 5.78 Å². The molecule has 0 saturated heterocycles. The number of benzene rings is 1. The molecule has 2 aromatic rings. The Labute approximate surface area is 112 Å². The number of pyridine rings is 1. The van der Waals surface area contributed by atoms with Gasteiger partial charge in [-0.1, -0.05) is 12.1 Å². The first-order valence-electron chi connectivity index (χ1n) is 6.19. The first-order chi connectivity index (χ1) is 8.97. The Kier molecular flexibility index (Phi) is 3.74. The van der Waals surface area contributed by atoms with Crippen LogP contribution in [-0.4, -0.2) is 10.8 Å². The van der Waals surface area contributed by atoms with Crippen LogP contribution in [0.25, 0.3) is 0 Å². The summed E-state index contributed by atoms with van der Waals surface area (Å²) in [6.07, 6.45) is 1.86. The molecule has 3 heteroatoms. The summed E-state index contributed by atoms with van der Waals surface area (Å²) in [5.41, 5.74) is 3.98. The van der Waals surface area contributed by atoms with Gasteiger partial charge in [0.25, 0.3) is 0 Å². The lowest BCUT2D eigenvalue weighted by atomic mass is 9.99. The van der Waals surface area contributed by atoms with Gasteiger partial charge in [-0.2, -0.15) is 0 Å². The third-order valence-electron chi connectivity index (χ3n) is 3.14. The Bertz CT molecular complexity index is 635. The van der Waals surface area contributed by atoms with E-state index in [1.54, 1.807) is 12.3 Å². The maximum Gasteiger partial charge on any atom is 0.185 e. The van der Waals surface area contributed by atoms with Gasteiger partial charge in [0.05, 0.1) is 0 Å². The Balaban J connectivity index is 2.28. The summed E-state index contributed by atoms with van der Waals surface area (Å²) in [6, 6.07) is 6.43. The molecule has 19 heavy (non-hydrogen) atoms. The number of aryl methyl sites for hydroxylation is 3. The summed E-state index contributed by atoms with van der Waals surface area (Å²) in [5.74, 6) is -0.395. The summed E-state index contributed by atoms with van der Waals surface area (Å²) in [7, 11) is 0. The molecule has 98 valence electrons. The number of aromatic nitrogens is 1. The van der Waals surface area contributed by atoms with Crippen molar-refractivity contribution in [2.45, 2.75) is 27.2 Å². The van der Waals surface area contributed by atoms with Crippen molar-refractivity contribution in [2.75, 3.05) is 0 Å². The van der Waals surface area contributed by atoms with Gasteiger partial charge in [0.1, 0.15) is 11.5 Å². The number of ketones is 1. The van der Waals surface area contributed by atoms with Gasteiger partial charge in [-0.25, -0.2) is 4.39 Å². The van der Waals surface area contributed by atoms with E-state index in [1.165, 1.54) is 12.1 Å². The summed E-state index contributed by atoms with van der Waals surface area (Å²) < 4.78 is 13.2. The Morgan fingerprint density at radius 3 is 2.58 bits per heavy atom. The van der Waals surface area contributed by atoms with E-state index in [4.69, 9.17) is 0 Å². The molecule has 0 bridgehead atoms. The number of rotatable bonds is 3. The fourth-order valence-corrected chi connectivity index (χ4v) is 2.09. The average molecular weight is 257 g/mol. The van der Waals surface area contributed by atoms with Crippen LogP contribution in [0.5, 0.6) is 0 Å². The maximum absolute atomic E-state index is 13.2. The van der Waals surface area contributed by atoms with E-state index >= 15 is 0 Å². The molecule has 1 aromatic carbocycles. The van der Waals surface area contributed by atoms with E-state index in [0.29, 0.717) is 11.3 Å². The van der Waals surface area contributed by atoms with Gasteiger partial charge in [0, 0.05) is 12.6 Å². The zero-order valence-electron chi connectivity index (χ0n) is 11.3. The second kappa shape index (κ2) is 5.31. The first-order valence-corrected chi connectivity index (χ1v) is 6.19. The van der Waals surface area contributed by atoms with Gasteiger partial charge >= 0.3 is 0 Å². The highest BCUT2D eigenvalue weighted by Gasteiger charge is 2.13. The highest BCUT2D eigenvalue weighted by atomic mass is 19.1. The van der Waals surface area contributed by atoms with Crippen LogP contribution in [0, 0.1) is 26.6 Å². The van der Waals surface area contributed by atoms with Crippen LogP contribution < -0.4 is 0 Å². The second-order valence-electron chi connectivity index (χ2n) is 4.85. The lowest BCUT2D eigenvalue weighted by Gasteiger charge is -2.07. The van der Waals surface area contributed by atoms with Crippen molar-refractivity contribution in [1.82, 2.24) is 4.98 Å². The SMILES string of the molecule is Cc1cnc(C(=O)Cc2cc(F)ccc2C)c(C)c1. The topological polar surface area (TPSA) is 30.0 Å². The minimum Gasteiger partial charge on any atom is -0.292 e. The molecule has 1 heterocycles. The van der Waals surface area contributed by atoms with E-state index in [2.05, 4.69) is 4.98 Å². The summed E-state index contributed by atoms with van der Waals surface area (Å²) in [6.45, 7) is 5.67. The third-order valence-corrected chi connectivity index (χ3v) is 3.14. The van der Waals surface area contributed by atoms with Crippen molar-refractivity contribution in [1.29, 1.82) is 0 Å². The molecular formula is C16H16FNO. The average Bonchev–Trinajstić information content (AvgIpc) is 2.33. The monoisotopic (exact) mass is 257 g/mol. The molecule has 1 aromatic heterocycles. The molecule has 0 aliphatic carbocycles. The number of hydrogen-bond acceptors (Lipinski definition) is 2. The van der Waals surface area contributed by atoms with E-state index in [0.717, 1.165) is 16.7 Å². The molecule has 0 radical (unpaired) electrons. The number of hydrogen-bond donors (Lipinski definition) is 0.